The van der Waals surface area contributed by atoms with E-state index in [9.17, 15) is 4.79 Å². The van der Waals surface area contributed by atoms with Crippen molar-refractivity contribution in [3.05, 3.63) is 64.3 Å². The molecule has 4 nitrogen and oxygen atoms in total. The number of nitrogens with zero attached hydrogens (tertiary/aromatic N) is 1. The molecule has 0 aliphatic carbocycles. The lowest BCUT2D eigenvalue weighted by Gasteiger charge is -2.31. The number of amides is 1. The molecule has 2 N–H and O–H groups in total. The number of H-pyrrole nitrogens is 1. The van der Waals surface area contributed by atoms with Gasteiger partial charge in [0.25, 0.3) is 0 Å². The van der Waals surface area contributed by atoms with Gasteiger partial charge in [-0.2, -0.15) is 0 Å². The third-order valence-corrected chi connectivity index (χ3v) is 6.16. The fraction of sp³-hybridized carbons (Fsp3) is 0.318. The van der Waals surface area contributed by atoms with Crippen LogP contribution < -0.4 is 5.32 Å². The zero-order valence-electron chi connectivity index (χ0n) is 15.6. The van der Waals surface area contributed by atoms with Crippen LogP contribution in [0, 0.1) is 0 Å². The Hall–Kier alpha value is -2.01. The molecule has 0 spiro atoms. The van der Waals surface area contributed by atoms with Crippen LogP contribution in [0.25, 0.3) is 10.9 Å². The van der Waals surface area contributed by atoms with Crippen LogP contribution >= 0.6 is 23.2 Å². The third-order valence-electron chi connectivity index (χ3n) is 5.53. The Bertz CT molecular complexity index is 957. The van der Waals surface area contributed by atoms with Crippen molar-refractivity contribution in [2.75, 3.05) is 25.0 Å². The first-order chi connectivity index (χ1) is 13.6. The summed E-state index contributed by atoms with van der Waals surface area (Å²) in [4.78, 5) is 18.0. The summed E-state index contributed by atoms with van der Waals surface area (Å²) in [6.45, 7) is 2.75. The van der Waals surface area contributed by atoms with E-state index in [0.717, 1.165) is 32.5 Å². The number of halogens is 2. The Morgan fingerprint density at radius 2 is 1.79 bits per heavy atom. The number of hydrogen-bond acceptors (Lipinski definition) is 2. The van der Waals surface area contributed by atoms with Crippen LogP contribution in [0.2, 0.25) is 10.0 Å². The van der Waals surface area contributed by atoms with Crippen molar-refractivity contribution < 1.29 is 4.79 Å². The van der Waals surface area contributed by atoms with Gasteiger partial charge in [-0.1, -0.05) is 47.5 Å². The molecule has 1 fully saturated rings. The number of aromatic nitrogens is 1. The molecule has 1 amide bonds. The smallest absolute Gasteiger partial charge is 0.225 e. The second-order valence-electron chi connectivity index (χ2n) is 7.30. The number of carbonyl (C=O) groups is 1. The van der Waals surface area contributed by atoms with Gasteiger partial charge >= 0.3 is 0 Å². The molecule has 146 valence electrons. The fourth-order valence-electron chi connectivity index (χ4n) is 3.98. The number of nitrogens with one attached hydrogen (secondary N) is 2. The maximum Gasteiger partial charge on any atom is 0.225 e. The predicted molar refractivity (Wildman–Crippen MR) is 116 cm³/mol. The Kier molecular flexibility index (Phi) is 5.90. The second kappa shape index (κ2) is 8.56. The number of benzene rings is 2. The molecule has 4 rings (SSSR count). The number of para-hydroxylation sites is 2. The minimum Gasteiger partial charge on any atom is -0.361 e. The number of likely N-dealkylation sites (tertiary alicyclic amines) is 1. The second-order valence-corrected chi connectivity index (χ2v) is 8.11. The first kappa shape index (κ1) is 19.3. The van der Waals surface area contributed by atoms with Gasteiger partial charge in [0.15, 0.2) is 0 Å². The minimum absolute atomic E-state index is 0.0613. The molecule has 6 heteroatoms. The molecule has 0 radical (unpaired) electrons. The lowest BCUT2D eigenvalue weighted by atomic mass is 9.89. The molecular weight excluding hydrogens is 393 g/mol. The summed E-state index contributed by atoms with van der Waals surface area (Å²) >= 11 is 12.2. The highest BCUT2D eigenvalue weighted by Gasteiger charge is 2.23. The molecule has 28 heavy (non-hydrogen) atoms. The Labute approximate surface area is 174 Å². The van der Waals surface area contributed by atoms with E-state index in [0.29, 0.717) is 28.1 Å². The van der Waals surface area contributed by atoms with Crippen LogP contribution in [0.5, 0.6) is 0 Å². The van der Waals surface area contributed by atoms with E-state index in [2.05, 4.69) is 45.7 Å². The average Bonchev–Trinajstić information content (AvgIpc) is 3.14. The van der Waals surface area contributed by atoms with Crippen LogP contribution in [-0.2, 0) is 4.79 Å². The van der Waals surface area contributed by atoms with E-state index in [1.54, 1.807) is 18.2 Å². The molecule has 1 aliphatic heterocycles. The molecule has 1 aliphatic rings. The van der Waals surface area contributed by atoms with Gasteiger partial charge in [0.2, 0.25) is 5.91 Å². The molecule has 2 aromatic carbocycles. The van der Waals surface area contributed by atoms with E-state index in [4.69, 9.17) is 23.2 Å². The number of rotatable bonds is 5. The van der Waals surface area contributed by atoms with Crippen LogP contribution in [-0.4, -0.2) is 35.4 Å². The van der Waals surface area contributed by atoms with Crippen LogP contribution in [0.1, 0.15) is 30.7 Å². The van der Waals surface area contributed by atoms with Crippen molar-refractivity contribution in [3.8, 4) is 0 Å². The van der Waals surface area contributed by atoms with Gasteiger partial charge < -0.3 is 15.2 Å². The highest BCUT2D eigenvalue weighted by molar-refractivity contribution is 6.39. The number of aromatic amines is 1. The lowest BCUT2D eigenvalue weighted by molar-refractivity contribution is -0.116. The average molecular weight is 416 g/mol. The Morgan fingerprint density at radius 3 is 2.54 bits per heavy atom. The van der Waals surface area contributed by atoms with E-state index >= 15 is 0 Å². The molecule has 1 aromatic heterocycles. The molecular formula is C22H23Cl2N3O. The summed E-state index contributed by atoms with van der Waals surface area (Å²) in [5.41, 5.74) is 3.12. The molecule has 1 saturated heterocycles. The van der Waals surface area contributed by atoms with E-state index < -0.39 is 0 Å². The topological polar surface area (TPSA) is 48.1 Å². The van der Waals surface area contributed by atoms with Gasteiger partial charge in [0.1, 0.15) is 0 Å². The first-order valence-corrected chi connectivity index (χ1v) is 10.4. The van der Waals surface area contributed by atoms with Crippen molar-refractivity contribution in [3.63, 3.8) is 0 Å². The minimum atomic E-state index is -0.0613. The van der Waals surface area contributed by atoms with Crippen molar-refractivity contribution >= 4 is 45.7 Å². The first-order valence-electron chi connectivity index (χ1n) is 9.64. The summed E-state index contributed by atoms with van der Waals surface area (Å²) in [6.07, 6.45) is 4.81. The van der Waals surface area contributed by atoms with Gasteiger partial charge in [-0.25, -0.2) is 0 Å². The van der Waals surface area contributed by atoms with Crippen molar-refractivity contribution in [2.45, 2.75) is 25.2 Å². The van der Waals surface area contributed by atoms with E-state index in [1.807, 2.05) is 0 Å². The van der Waals surface area contributed by atoms with Gasteiger partial charge in [0.05, 0.1) is 15.7 Å². The molecule has 3 aromatic rings. The van der Waals surface area contributed by atoms with Crippen molar-refractivity contribution in [1.82, 2.24) is 9.88 Å². The molecule has 0 unspecified atom stereocenters. The number of hydrogen-bond donors (Lipinski definition) is 2. The number of anilines is 1. The zero-order valence-corrected chi connectivity index (χ0v) is 17.1. The van der Waals surface area contributed by atoms with Crippen LogP contribution in [0.3, 0.4) is 0 Å². The Balaban J connectivity index is 1.28. The van der Waals surface area contributed by atoms with Gasteiger partial charge in [-0.05, 0) is 55.6 Å². The van der Waals surface area contributed by atoms with Gasteiger partial charge in [0, 0.05) is 30.1 Å². The molecule has 0 saturated carbocycles. The highest BCUT2D eigenvalue weighted by atomic mass is 35.5. The molecule has 0 atom stereocenters. The number of carbonyl (C=O) groups excluding carboxylic acids is 1. The van der Waals surface area contributed by atoms with E-state index in [1.165, 1.54) is 16.5 Å². The third kappa shape index (κ3) is 4.19. The fourth-order valence-corrected chi connectivity index (χ4v) is 4.47. The number of fused-ring (bicyclic) bond motifs is 1. The van der Waals surface area contributed by atoms with Gasteiger partial charge in [-0.3, -0.25) is 4.79 Å². The maximum atomic E-state index is 12.3. The summed E-state index contributed by atoms with van der Waals surface area (Å²) in [6, 6.07) is 13.7. The summed E-state index contributed by atoms with van der Waals surface area (Å²) in [5, 5.41) is 5.08. The van der Waals surface area contributed by atoms with Crippen molar-refractivity contribution in [2.24, 2.45) is 0 Å². The zero-order chi connectivity index (χ0) is 19.5. The summed E-state index contributed by atoms with van der Waals surface area (Å²) < 4.78 is 0. The molecule has 2 heterocycles. The van der Waals surface area contributed by atoms with Gasteiger partial charge in [-0.15, -0.1) is 0 Å². The summed E-state index contributed by atoms with van der Waals surface area (Å²) in [7, 11) is 0. The predicted octanol–water partition coefficient (Wildman–Crippen LogP) is 5.68. The normalized spacial score (nSPS) is 15.8. The Morgan fingerprint density at radius 1 is 1.07 bits per heavy atom. The SMILES string of the molecule is O=C(CCN1CCC(c2c[nH]c3ccccc23)CC1)Nc1c(Cl)cccc1Cl. The lowest BCUT2D eigenvalue weighted by Crippen LogP contribution is -2.35. The monoisotopic (exact) mass is 415 g/mol. The summed E-state index contributed by atoms with van der Waals surface area (Å²) in [5.74, 6) is 0.511. The van der Waals surface area contributed by atoms with Crippen molar-refractivity contribution in [1.29, 1.82) is 0 Å². The quantitative estimate of drug-likeness (QED) is 0.562. The maximum absolute atomic E-state index is 12.3. The standard InChI is InChI=1S/C22H23Cl2N3O/c23-18-5-3-6-19(24)22(18)26-21(28)10-13-27-11-8-15(9-12-27)17-14-25-20-7-2-1-4-16(17)20/h1-7,14-15,25H,8-13H2,(H,26,28). The van der Waals surface area contributed by atoms with Crippen LogP contribution in [0.4, 0.5) is 5.69 Å². The highest BCUT2D eigenvalue weighted by Crippen LogP contribution is 2.33. The molecule has 0 bridgehead atoms. The number of piperidine rings is 1. The largest absolute Gasteiger partial charge is 0.361 e. The van der Waals surface area contributed by atoms with E-state index in [-0.39, 0.29) is 5.91 Å². The van der Waals surface area contributed by atoms with Crippen LogP contribution in [0.15, 0.2) is 48.7 Å².